The number of carbonyl (C=O) groups excluding carboxylic acids is 1. The van der Waals surface area contributed by atoms with Crippen molar-refractivity contribution in [3.63, 3.8) is 0 Å². The molecule has 5 heteroatoms. The second kappa shape index (κ2) is 3.64. The molecular formula is C11H18N2O3. The Labute approximate surface area is 94.6 Å². The minimum Gasteiger partial charge on any atom is -0.480 e. The number of hydrogen-bond donors (Lipinski definition) is 3. The van der Waals surface area contributed by atoms with Crippen molar-refractivity contribution in [2.24, 2.45) is 0 Å². The monoisotopic (exact) mass is 226 g/mol. The zero-order valence-corrected chi connectivity index (χ0v) is 9.51. The summed E-state index contributed by atoms with van der Waals surface area (Å²) in [5, 5.41) is 14.6. The summed E-state index contributed by atoms with van der Waals surface area (Å²) in [6.07, 6.45) is 4.74. The average Bonchev–Trinajstić information content (AvgIpc) is 2.74. The third kappa shape index (κ3) is 2.13. The van der Waals surface area contributed by atoms with E-state index in [1.165, 1.54) is 0 Å². The molecule has 90 valence electrons. The lowest BCUT2D eigenvalue weighted by atomic mass is 9.98. The number of urea groups is 1. The highest BCUT2D eigenvalue weighted by atomic mass is 16.4. The SMILES string of the molecule is CC1(NC(=O)NC2(C(=O)O)CCCC2)CC1. The highest BCUT2D eigenvalue weighted by Crippen LogP contribution is 2.35. The molecule has 5 nitrogen and oxygen atoms in total. The minimum absolute atomic E-state index is 0.109. The molecule has 2 aliphatic carbocycles. The number of carboxylic acids is 1. The molecular weight excluding hydrogens is 208 g/mol. The van der Waals surface area contributed by atoms with E-state index in [1.807, 2.05) is 6.92 Å². The highest BCUT2D eigenvalue weighted by molar-refractivity contribution is 5.86. The van der Waals surface area contributed by atoms with Crippen molar-refractivity contribution in [3.8, 4) is 0 Å². The van der Waals surface area contributed by atoms with Crippen LogP contribution in [0.1, 0.15) is 45.4 Å². The quantitative estimate of drug-likeness (QED) is 0.677. The van der Waals surface area contributed by atoms with Gasteiger partial charge in [-0.3, -0.25) is 0 Å². The molecule has 0 bridgehead atoms. The Kier molecular flexibility index (Phi) is 2.56. The van der Waals surface area contributed by atoms with E-state index < -0.39 is 11.5 Å². The van der Waals surface area contributed by atoms with Gasteiger partial charge in [0, 0.05) is 5.54 Å². The first-order valence-electron chi connectivity index (χ1n) is 5.80. The van der Waals surface area contributed by atoms with Gasteiger partial charge in [-0.1, -0.05) is 12.8 Å². The van der Waals surface area contributed by atoms with Crippen LogP contribution in [0.4, 0.5) is 4.79 Å². The summed E-state index contributed by atoms with van der Waals surface area (Å²) in [7, 11) is 0. The Morgan fingerprint density at radius 2 is 1.62 bits per heavy atom. The lowest BCUT2D eigenvalue weighted by Crippen LogP contribution is -2.57. The van der Waals surface area contributed by atoms with E-state index in [-0.39, 0.29) is 11.6 Å². The Morgan fingerprint density at radius 3 is 2.06 bits per heavy atom. The zero-order chi connectivity index (χ0) is 11.8. The largest absolute Gasteiger partial charge is 0.480 e. The maximum atomic E-state index is 11.7. The van der Waals surface area contributed by atoms with Gasteiger partial charge in [0.2, 0.25) is 0 Å². The van der Waals surface area contributed by atoms with Crippen LogP contribution in [0.15, 0.2) is 0 Å². The van der Waals surface area contributed by atoms with Crippen molar-refractivity contribution in [3.05, 3.63) is 0 Å². The predicted octanol–water partition coefficient (Wildman–Crippen LogP) is 1.24. The molecule has 0 atom stereocenters. The van der Waals surface area contributed by atoms with Crippen LogP contribution in [0.5, 0.6) is 0 Å². The normalized spacial score (nSPS) is 24.8. The van der Waals surface area contributed by atoms with Crippen molar-refractivity contribution in [2.75, 3.05) is 0 Å². The summed E-state index contributed by atoms with van der Waals surface area (Å²) < 4.78 is 0. The van der Waals surface area contributed by atoms with Gasteiger partial charge in [0.25, 0.3) is 0 Å². The molecule has 2 aliphatic rings. The van der Waals surface area contributed by atoms with Crippen molar-refractivity contribution < 1.29 is 14.7 Å². The number of rotatable bonds is 3. The van der Waals surface area contributed by atoms with Gasteiger partial charge in [-0.15, -0.1) is 0 Å². The molecule has 0 aromatic heterocycles. The fourth-order valence-corrected chi connectivity index (χ4v) is 2.21. The van der Waals surface area contributed by atoms with E-state index in [0.29, 0.717) is 12.8 Å². The van der Waals surface area contributed by atoms with Crippen LogP contribution in [0.2, 0.25) is 0 Å². The van der Waals surface area contributed by atoms with Crippen LogP contribution < -0.4 is 10.6 Å². The summed E-state index contributed by atoms with van der Waals surface area (Å²) in [6, 6.07) is -0.343. The molecule has 2 saturated carbocycles. The maximum absolute atomic E-state index is 11.7. The Balaban J connectivity index is 1.95. The number of nitrogens with one attached hydrogen (secondary N) is 2. The Bertz CT molecular complexity index is 317. The van der Waals surface area contributed by atoms with Crippen molar-refractivity contribution >= 4 is 12.0 Å². The van der Waals surface area contributed by atoms with E-state index in [1.54, 1.807) is 0 Å². The van der Waals surface area contributed by atoms with Gasteiger partial charge in [-0.25, -0.2) is 9.59 Å². The smallest absolute Gasteiger partial charge is 0.329 e. The van der Waals surface area contributed by atoms with Gasteiger partial charge in [0.05, 0.1) is 0 Å². The van der Waals surface area contributed by atoms with Gasteiger partial charge in [-0.05, 0) is 32.6 Å². The fraction of sp³-hybridized carbons (Fsp3) is 0.818. The lowest BCUT2D eigenvalue weighted by molar-refractivity contribution is -0.144. The van der Waals surface area contributed by atoms with Gasteiger partial charge in [0.15, 0.2) is 0 Å². The van der Waals surface area contributed by atoms with Crippen LogP contribution in [0.3, 0.4) is 0 Å². The van der Waals surface area contributed by atoms with E-state index in [2.05, 4.69) is 10.6 Å². The van der Waals surface area contributed by atoms with Crippen molar-refractivity contribution in [2.45, 2.75) is 56.5 Å². The molecule has 2 rings (SSSR count). The molecule has 0 unspecified atom stereocenters. The molecule has 2 fully saturated rings. The van der Waals surface area contributed by atoms with Crippen molar-refractivity contribution in [1.82, 2.24) is 10.6 Å². The Morgan fingerprint density at radius 1 is 1.06 bits per heavy atom. The second-order valence-electron chi connectivity index (χ2n) is 5.23. The molecule has 3 N–H and O–H groups in total. The first-order valence-corrected chi connectivity index (χ1v) is 5.80. The van der Waals surface area contributed by atoms with Crippen molar-refractivity contribution in [1.29, 1.82) is 0 Å². The number of hydrogen-bond acceptors (Lipinski definition) is 2. The molecule has 0 spiro atoms. The van der Waals surface area contributed by atoms with Crippen LogP contribution in [-0.2, 0) is 4.79 Å². The van der Waals surface area contributed by atoms with Crippen LogP contribution in [-0.4, -0.2) is 28.2 Å². The number of aliphatic carboxylic acids is 1. The van der Waals surface area contributed by atoms with Crippen LogP contribution in [0.25, 0.3) is 0 Å². The fourth-order valence-electron chi connectivity index (χ4n) is 2.21. The number of amides is 2. The van der Waals surface area contributed by atoms with E-state index in [9.17, 15) is 14.7 Å². The molecule has 0 aromatic carbocycles. The maximum Gasteiger partial charge on any atom is 0.329 e. The summed E-state index contributed by atoms with van der Waals surface area (Å²) in [5.41, 5.74) is -1.14. The van der Waals surface area contributed by atoms with Crippen LogP contribution >= 0.6 is 0 Å². The Hall–Kier alpha value is -1.26. The van der Waals surface area contributed by atoms with E-state index >= 15 is 0 Å². The first kappa shape index (κ1) is 11.2. The van der Waals surface area contributed by atoms with E-state index in [0.717, 1.165) is 25.7 Å². The second-order valence-corrected chi connectivity index (χ2v) is 5.23. The van der Waals surface area contributed by atoms with E-state index in [4.69, 9.17) is 0 Å². The minimum atomic E-state index is -1.03. The van der Waals surface area contributed by atoms with Gasteiger partial charge < -0.3 is 15.7 Å². The highest BCUT2D eigenvalue weighted by Gasteiger charge is 2.45. The van der Waals surface area contributed by atoms with Gasteiger partial charge in [-0.2, -0.15) is 0 Å². The van der Waals surface area contributed by atoms with Gasteiger partial charge in [0.1, 0.15) is 5.54 Å². The first-order chi connectivity index (χ1) is 7.46. The summed E-state index contributed by atoms with van der Waals surface area (Å²) in [5.74, 6) is -0.916. The number of carboxylic acid groups (broad SMARTS) is 1. The molecule has 2 amide bonds. The summed E-state index contributed by atoms with van der Waals surface area (Å²) in [6.45, 7) is 1.97. The predicted molar refractivity (Wildman–Crippen MR) is 58.1 cm³/mol. The summed E-state index contributed by atoms with van der Waals surface area (Å²) >= 11 is 0. The molecule has 0 heterocycles. The average molecular weight is 226 g/mol. The molecule has 0 saturated heterocycles. The third-order valence-corrected chi connectivity index (χ3v) is 3.63. The van der Waals surface area contributed by atoms with Gasteiger partial charge >= 0.3 is 12.0 Å². The third-order valence-electron chi connectivity index (χ3n) is 3.63. The molecule has 0 aliphatic heterocycles. The number of carbonyl (C=O) groups is 2. The zero-order valence-electron chi connectivity index (χ0n) is 9.51. The van der Waals surface area contributed by atoms with Crippen LogP contribution in [0, 0.1) is 0 Å². The topological polar surface area (TPSA) is 78.4 Å². The summed E-state index contributed by atoms with van der Waals surface area (Å²) in [4.78, 5) is 22.9. The lowest BCUT2D eigenvalue weighted by Gasteiger charge is -2.26. The standard InChI is InChI=1S/C11H18N2O3/c1-10(6-7-10)12-9(16)13-11(8(14)15)4-2-3-5-11/h2-7H2,1H3,(H,14,15)(H2,12,13,16). The molecule has 0 aromatic rings. The molecule has 16 heavy (non-hydrogen) atoms. The molecule has 0 radical (unpaired) electrons.